The minimum absolute atomic E-state index is 0.0325. The highest BCUT2D eigenvalue weighted by molar-refractivity contribution is 7.22. The molecule has 2 fully saturated rings. The van der Waals surface area contributed by atoms with E-state index in [2.05, 4.69) is 30.9 Å². The molecule has 3 N–H and O–H groups in total. The average Bonchev–Trinajstić information content (AvgIpc) is 3.56. The Morgan fingerprint density at radius 3 is 2.51 bits per heavy atom. The highest BCUT2D eigenvalue weighted by atomic mass is 32.1. The summed E-state index contributed by atoms with van der Waals surface area (Å²) in [4.78, 5) is 49.6. The van der Waals surface area contributed by atoms with E-state index in [4.69, 9.17) is 14.2 Å². The number of fused-ring (bicyclic) bond motifs is 1. The SMILES string of the molecule is CC(=O)O[C@H]1CCCC1OCc1ncc(-c2ccc3nc(NC(=O)[C@H]4C[C@@H](N[C@@H](C)CNC(=O)OC(C)(C)C)C4)sc3c2)cn1. The predicted octanol–water partition coefficient (Wildman–Crippen LogP) is 4.97. The Morgan fingerprint density at radius 1 is 1.07 bits per heavy atom. The van der Waals surface area contributed by atoms with Crippen LogP contribution in [0.4, 0.5) is 9.93 Å². The van der Waals surface area contributed by atoms with Crippen molar-refractivity contribution in [2.45, 2.75) is 103 Å². The topological polar surface area (TPSA) is 154 Å². The molecule has 3 atom stereocenters. The molecular formula is C32H42N6O6S. The number of nitrogens with one attached hydrogen (secondary N) is 3. The lowest BCUT2D eigenvalue weighted by atomic mass is 9.79. The van der Waals surface area contributed by atoms with E-state index in [1.807, 2.05) is 45.9 Å². The maximum atomic E-state index is 12.9. The van der Waals surface area contributed by atoms with Crippen LogP contribution in [0.25, 0.3) is 21.3 Å². The number of thiazole rings is 1. The number of aromatic nitrogens is 3. The summed E-state index contributed by atoms with van der Waals surface area (Å²) in [7, 11) is 0. The summed E-state index contributed by atoms with van der Waals surface area (Å²) in [6.07, 6.45) is 6.84. The minimum atomic E-state index is -0.534. The van der Waals surface area contributed by atoms with Crippen LogP contribution < -0.4 is 16.0 Å². The van der Waals surface area contributed by atoms with Gasteiger partial charge in [0.25, 0.3) is 0 Å². The molecule has 0 saturated heterocycles. The zero-order valence-corrected chi connectivity index (χ0v) is 27.2. The summed E-state index contributed by atoms with van der Waals surface area (Å²) in [6.45, 7) is 9.59. The number of benzene rings is 1. The molecule has 2 saturated carbocycles. The third-order valence-corrected chi connectivity index (χ3v) is 8.71. The zero-order chi connectivity index (χ0) is 32.1. The molecule has 2 aliphatic carbocycles. The molecule has 0 aliphatic heterocycles. The second-order valence-electron chi connectivity index (χ2n) is 12.8. The lowest BCUT2D eigenvalue weighted by Crippen LogP contribution is -2.51. The summed E-state index contributed by atoms with van der Waals surface area (Å²) in [6, 6.07) is 6.19. The summed E-state index contributed by atoms with van der Waals surface area (Å²) in [5, 5.41) is 9.79. The number of esters is 1. The monoisotopic (exact) mass is 638 g/mol. The molecule has 45 heavy (non-hydrogen) atoms. The molecule has 13 heteroatoms. The summed E-state index contributed by atoms with van der Waals surface area (Å²) in [5.74, 6) is 0.158. The number of carbonyl (C=O) groups is 3. The maximum Gasteiger partial charge on any atom is 0.407 e. The standard InChI is InChI=1S/C32H42N6O6S/c1-18(14-35-31(41)44-32(3,4)5)36-23-11-21(12-23)29(40)38-30-37-24-10-9-20(13-27(24)45-30)22-15-33-28(34-16-22)17-42-25-7-6-8-26(25)43-19(2)39/h9-10,13,15-16,18,21,23,25-26,36H,6-8,11-12,14,17H2,1-5H3,(H,35,41)(H,37,38,40)/t18-,21-,23+,25?,26-/m0/s1. The molecule has 3 aromatic rings. The van der Waals surface area contributed by atoms with Gasteiger partial charge in [-0.25, -0.2) is 19.7 Å². The molecule has 0 spiro atoms. The van der Waals surface area contributed by atoms with E-state index < -0.39 is 11.7 Å². The van der Waals surface area contributed by atoms with Crippen molar-refractivity contribution in [2.24, 2.45) is 5.92 Å². The molecule has 2 amide bonds. The molecule has 2 aromatic heterocycles. The van der Waals surface area contributed by atoms with Crippen LogP contribution in [-0.2, 0) is 30.4 Å². The van der Waals surface area contributed by atoms with Crippen molar-refractivity contribution in [1.82, 2.24) is 25.6 Å². The van der Waals surface area contributed by atoms with Crippen molar-refractivity contribution in [3.05, 3.63) is 36.4 Å². The van der Waals surface area contributed by atoms with E-state index in [9.17, 15) is 14.4 Å². The molecule has 12 nitrogen and oxygen atoms in total. The highest BCUT2D eigenvalue weighted by Gasteiger charge is 2.35. The molecule has 1 aromatic carbocycles. The smallest absolute Gasteiger partial charge is 0.407 e. The van der Waals surface area contributed by atoms with Crippen molar-refractivity contribution in [1.29, 1.82) is 0 Å². The fourth-order valence-electron chi connectivity index (χ4n) is 5.54. The summed E-state index contributed by atoms with van der Waals surface area (Å²) < 4.78 is 17.5. The third kappa shape index (κ3) is 9.18. The van der Waals surface area contributed by atoms with Crippen LogP contribution >= 0.6 is 11.3 Å². The van der Waals surface area contributed by atoms with Gasteiger partial charge in [-0.2, -0.15) is 0 Å². The number of amides is 2. The van der Waals surface area contributed by atoms with E-state index in [0.29, 0.717) is 17.5 Å². The quantitative estimate of drug-likeness (QED) is 0.245. The largest absolute Gasteiger partial charge is 0.460 e. The summed E-state index contributed by atoms with van der Waals surface area (Å²) in [5.41, 5.74) is 2.09. The van der Waals surface area contributed by atoms with E-state index in [0.717, 1.165) is 53.4 Å². The number of alkyl carbamates (subject to hydrolysis) is 1. The molecule has 2 aliphatic rings. The number of anilines is 1. The Labute approximate surface area is 267 Å². The number of hydrogen-bond donors (Lipinski definition) is 3. The first-order chi connectivity index (χ1) is 21.4. The van der Waals surface area contributed by atoms with Crippen molar-refractivity contribution in [2.75, 3.05) is 11.9 Å². The second kappa shape index (κ2) is 14.2. The first kappa shape index (κ1) is 32.7. The maximum absolute atomic E-state index is 12.9. The molecule has 1 unspecified atom stereocenters. The van der Waals surface area contributed by atoms with Gasteiger partial charge in [-0.3, -0.25) is 9.59 Å². The van der Waals surface area contributed by atoms with Gasteiger partial charge in [-0.1, -0.05) is 17.4 Å². The normalized spacial score (nSPS) is 22.0. The van der Waals surface area contributed by atoms with Crippen LogP contribution in [0, 0.1) is 5.92 Å². The number of nitrogens with zero attached hydrogens (tertiary/aromatic N) is 3. The number of carbonyl (C=O) groups excluding carboxylic acids is 3. The predicted molar refractivity (Wildman–Crippen MR) is 171 cm³/mol. The fourth-order valence-corrected chi connectivity index (χ4v) is 6.44. The van der Waals surface area contributed by atoms with Gasteiger partial charge in [0.2, 0.25) is 5.91 Å². The summed E-state index contributed by atoms with van der Waals surface area (Å²) >= 11 is 1.43. The van der Waals surface area contributed by atoms with E-state index in [1.54, 1.807) is 12.4 Å². The van der Waals surface area contributed by atoms with Crippen LogP contribution in [0.3, 0.4) is 0 Å². The van der Waals surface area contributed by atoms with Gasteiger partial charge in [0.1, 0.15) is 18.3 Å². The minimum Gasteiger partial charge on any atom is -0.460 e. The van der Waals surface area contributed by atoms with E-state index in [-0.39, 0.29) is 48.7 Å². The Hall–Kier alpha value is -3.68. The van der Waals surface area contributed by atoms with Crippen molar-refractivity contribution >= 4 is 44.7 Å². The lowest BCUT2D eigenvalue weighted by molar-refractivity contribution is -0.153. The first-order valence-electron chi connectivity index (χ1n) is 15.5. The van der Waals surface area contributed by atoms with Gasteiger partial charge in [-0.05, 0) is 77.5 Å². The van der Waals surface area contributed by atoms with Gasteiger partial charge in [0.15, 0.2) is 11.0 Å². The highest BCUT2D eigenvalue weighted by Crippen LogP contribution is 2.33. The van der Waals surface area contributed by atoms with Gasteiger partial charge in [-0.15, -0.1) is 0 Å². The van der Waals surface area contributed by atoms with Crippen LogP contribution in [-0.4, -0.2) is 69.4 Å². The van der Waals surface area contributed by atoms with Gasteiger partial charge in [0, 0.05) is 49.4 Å². The number of ether oxygens (including phenoxy) is 3. The van der Waals surface area contributed by atoms with Crippen molar-refractivity contribution < 1.29 is 28.6 Å². The molecule has 5 rings (SSSR count). The third-order valence-electron chi connectivity index (χ3n) is 7.77. The molecule has 0 radical (unpaired) electrons. The van der Waals surface area contributed by atoms with E-state index >= 15 is 0 Å². The Bertz CT molecular complexity index is 1500. The first-order valence-corrected chi connectivity index (χ1v) is 16.3. The second-order valence-corrected chi connectivity index (χ2v) is 13.9. The fraction of sp³-hybridized carbons (Fsp3) is 0.562. The molecule has 2 heterocycles. The molecule has 0 bridgehead atoms. The van der Waals surface area contributed by atoms with E-state index in [1.165, 1.54) is 18.3 Å². The Balaban J connectivity index is 1.07. The Morgan fingerprint density at radius 2 is 1.80 bits per heavy atom. The average molecular weight is 639 g/mol. The Kier molecular flexibility index (Phi) is 10.3. The van der Waals surface area contributed by atoms with Crippen LogP contribution in [0.15, 0.2) is 30.6 Å². The number of hydrogen-bond acceptors (Lipinski definition) is 11. The van der Waals surface area contributed by atoms with Gasteiger partial charge in [0.05, 0.1) is 16.3 Å². The van der Waals surface area contributed by atoms with Gasteiger partial charge >= 0.3 is 12.1 Å². The zero-order valence-electron chi connectivity index (χ0n) is 26.4. The lowest BCUT2D eigenvalue weighted by Gasteiger charge is -2.36. The molecular weight excluding hydrogens is 596 g/mol. The van der Waals surface area contributed by atoms with Crippen molar-refractivity contribution in [3.8, 4) is 11.1 Å². The van der Waals surface area contributed by atoms with Crippen molar-refractivity contribution in [3.63, 3.8) is 0 Å². The van der Waals surface area contributed by atoms with Crippen LogP contribution in [0.5, 0.6) is 0 Å². The molecule has 242 valence electrons. The van der Waals surface area contributed by atoms with Crippen LogP contribution in [0.2, 0.25) is 0 Å². The van der Waals surface area contributed by atoms with Crippen LogP contribution in [0.1, 0.15) is 72.5 Å². The van der Waals surface area contributed by atoms with Gasteiger partial charge < -0.3 is 30.2 Å². The number of rotatable bonds is 11.